The van der Waals surface area contributed by atoms with Crippen molar-refractivity contribution in [1.82, 2.24) is 0 Å². The van der Waals surface area contributed by atoms with Crippen molar-refractivity contribution in [3.63, 3.8) is 0 Å². The number of hydrogen-bond acceptors (Lipinski definition) is 6. The average molecular weight is 487 g/mol. The summed E-state index contributed by atoms with van der Waals surface area (Å²) in [7, 11) is -2.40. The summed E-state index contributed by atoms with van der Waals surface area (Å²) < 4.78 is 33.4. The van der Waals surface area contributed by atoms with E-state index in [1.54, 1.807) is 18.2 Å². The van der Waals surface area contributed by atoms with Crippen LogP contribution in [0.1, 0.15) is 10.4 Å². The molecule has 28 heavy (non-hydrogen) atoms. The van der Waals surface area contributed by atoms with E-state index in [1.165, 1.54) is 25.3 Å². The Hall–Kier alpha value is -1.91. The number of aromatic carboxylic acids is 1. The van der Waals surface area contributed by atoms with Gasteiger partial charge in [0.15, 0.2) is 0 Å². The highest BCUT2D eigenvalue weighted by atomic mass is 79.9. The molecule has 0 atom stereocenters. The first-order chi connectivity index (χ1) is 13.3. The molecule has 0 bridgehead atoms. The predicted octanol–water partition coefficient (Wildman–Crippen LogP) is 3.51. The number of anilines is 2. The molecule has 0 spiro atoms. The van der Waals surface area contributed by atoms with E-state index in [-0.39, 0.29) is 16.1 Å². The van der Waals surface area contributed by atoms with Crippen LogP contribution in [0.15, 0.2) is 45.8 Å². The van der Waals surface area contributed by atoms with Gasteiger partial charge in [-0.25, -0.2) is 13.2 Å². The van der Waals surface area contributed by atoms with Crippen LogP contribution >= 0.6 is 27.7 Å². The molecule has 0 aliphatic carbocycles. The molecule has 0 saturated carbocycles. The standard InChI is InChI=1S/C18H19BrN2O5S2/c1-26-17-5-3-13(11-15(17)19)28(24,25)20-12-2-4-16(14(10-12)18(22)23)21-6-8-27-9-7-21/h2-5,10-11,20H,6-9H2,1H3,(H,22,23). The van der Waals surface area contributed by atoms with Crippen LogP contribution in [0.5, 0.6) is 5.75 Å². The summed E-state index contributed by atoms with van der Waals surface area (Å²) in [5.74, 6) is 1.28. The first-order valence-electron chi connectivity index (χ1n) is 8.38. The van der Waals surface area contributed by atoms with E-state index in [0.717, 1.165) is 24.6 Å². The second-order valence-electron chi connectivity index (χ2n) is 6.04. The zero-order valence-corrected chi connectivity index (χ0v) is 18.2. The van der Waals surface area contributed by atoms with Gasteiger partial charge in [0.1, 0.15) is 5.75 Å². The summed E-state index contributed by atoms with van der Waals surface area (Å²) in [5, 5.41) is 9.60. The second-order valence-corrected chi connectivity index (χ2v) is 9.80. The lowest BCUT2D eigenvalue weighted by molar-refractivity contribution is 0.0697. The Morgan fingerprint density at radius 2 is 1.93 bits per heavy atom. The predicted molar refractivity (Wildman–Crippen MR) is 114 cm³/mol. The summed E-state index contributed by atoms with van der Waals surface area (Å²) in [6.45, 7) is 1.52. The molecule has 0 amide bonds. The third-order valence-electron chi connectivity index (χ3n) is 4.26. The highest BCUT2D eigenvalue weighted by molar-refractivity contribution is 9.10. The Morgan fingerprint density at radius 1 is 1.21 bits per heavy atom. The fraction of sp³-hybridized carbons (Fsp3) is 0.278. The Bertz CT molecular complexity index is 991. The molecule has 7 nitrogen and oxygen atoms in total. The van der Waals surface area contributed by atoms with Gasteiger partial charge in [0.05, 0.1) is 27.7 Å². The van der Waals surface area contributed by atoms with Gasteiger partial charge in [0.25, 0.3) is 10.0 Å². The third kappa shape index (κ3) is 4.56. The first-order valence-corrected chi connectivity index (χ1v) is 11.8. The van der Waals surface area contributed by atoms with Gasteiger partial charge < -0.3 is 14.7 Å². The van der Waals surface area contributed by atoms with Crippen LogP contribution in [0.3, 0.4) is 0 Å². The largest absolute Gasteiger partial charge is 0.496 e. The number of halogens is 1. The zero-order chi connectivity index (χ0) is 20.3. The van der Waals surface area contributed by atoms with E-state index in [2.05, 4.69) is 20.7 Å². The molecule has 1 aliphatic rings. The molecular formula is C18H19BrN2O5S2. The normalized spacial score (nSPS) is 14.6. The Balaban J connectivity index is 1.90. The first kappa shape index (κ1) is 20.8. The number of sulfonamides is 1. The van der Waals surface area contributed by atoms with Crippen LogP contribution in [0.2, 0.25) is 0 Å². The van der Waals surface area contributed by atoms with Gasteiger partial charge >= 0.3 is 5.97 Å². The zero-order valence-electron chi connectivity index (χ0n) is 15.0. The van der Waals surface area contributed by atoms with Crippen molar-refractivity contribution in [3.05, 3.63) is 46.4 Å². The number of nitrogens with zero attached hydrogens (tertiary/aromatic N) is 1. The van der Waals surface area contributed by atoms with Crippen LogP contribution in [0.4, 0.5) is 11.4 Å². The van der Waals surface area contributed by atoms with E-state index in [9.17, 15) is 18.3 Å². The molecule has 1 saturated heterocycles. The van der Waals surface area contributed by atoms with Crippen molar-refractivity contribution < 1.29 is 23.1 Å². The number of carboxylic acids is 1. The van der Waals surface area contributed by atoms with Gasteiger partial charge in [-0.3, -0.25) is 4.72 Å². The van der Waals surface area contributed by atoms with Crippen LogP contribution in [0, 0.1) is 0 Å². The van der Waals surface area contributed by atoms with Crippen molar-refractivity contribution in [3.8, 4) is 5.75 Å². The quantitative estimate of drug-likeness (QED) is 0.644. The molecule has 2 aromatic carbocycles. The number of carboxylic acid groups (broad SMARTS) is 1. The lowest BCUT2D eigenvalue weighted by Gasteiger charge is -2.29. The molecule has 2 N–H and O–H groups in total. The maximum Gasteiger partial charge on any atom is 0.337 e. The summed E-state index contributed by atoms with van der Waals surface area (Å²) >= 11 is 5.09. The Morgan fingerprint density at radius 3 is 2.54 bits per heavy atom. The highest BCUT2D eigenvalue weighted by Crippen LogP contribution is 2.30. The van der Waals surface area contributed by atoms with Gasteiger partial charge in [-0.05, 0) is 52.3 Å². The number of methoxy groups -OCH3 is 1. The van der Waals surface area contributed by atoms with Gasteiger partial charge in [0.2, 0.25) is 0 Å². The molecule has 3 rings (SSSR count). The number of hydrogen-bond donors (Lipinski definition) is 2. The lowest BCUT2D eigenvalue weighted by Crippen LogP contribution is -2.33. The molecule has 0 aromatic heterocycles. The summed E-state index contributed by atoms with van der Waals surface area (Å²) in [6, 6.07) is 8.98. The van der Waals surface area contributed by atoms with Crippen molar-refractivity contribution in [2.75, 3.05) is 41.3 Å². The third-order valence-corrected chi connectivity index (χ3v) is 7.21. The van der Waals surface area contributed by atoms with E-state index < -0.39 is 16.0 Å². The van der Waals surface area contributed by atoms with E-state index in [0.29, 0.717) is 15.9 Å². The maximum absolute atomic E-state index is 12.7. The van der Waals surface area contributed by atoms with Gasteiger partial charge in [-0.15, -0.1) is 0 Å². The number of carbonyl (C=O) groups is 1. The van der Waals surface area contributed by atoms with Crippen molar-refractivity contribution >= 4 is 55.1 Å². The fourth-order valence-electron chi connectivity index (χ4n) is 2.88. The van der Waals surface area contributed by atoms with Gasteiger partial charge in [0, 0.05) is 30.3 Å². The maximum atomic E-state index is 12.7. The minimum absolute atomic E-state index is 0.0363. The number of ether oxygens (including phenoxy) is 1. The van der Waals surface area contributed by atoms with Crippen molar-refractivity contribution in [2.45, 2.75) is 4.90 Å². The SMILES string of the molecule is COc1ccc(S(=O)(=O)Nc2ccc(N3CCSCC3)c(C(=O)O)c2)cc1Br. The number of rotatable bonds is 6. The molecule has 1 heterocycles. The number of nitrogens with one attached hydrogen (secondary N) is 1. The minimum atomic E-state index is -3.89. The van der Waals surface area contributed by atoms with E-state index in [4.69, 9.17) is 4.74 Å². The van der Waals surface area contributed by atoms with Crippen molar-refractivity contribution in [2.24, 2.45) is 0 Å². The Labute approximate surface area is 176 Å². The number of benzene rings is 2. The molecule has 1 fully saturated rings. The molecule has 2 aromatic rings. The van der Waals surface area contributed by atoms with Gasteiger partial charge in [-0.1, -0.05) is 0 Å². The molecule has 10 heteroatoms. The number of thioether (sulfide) groups is 1. The van der Waals surface area contributed by atoms with Crippen LogP contribution in [0.25, 0.3) is 0 Å². The van der Waals surface area contributed by atoms with E-state index in [1.807, 2.05) is 16.7 Å². The Kier molecular flexibility index (Phi) is 6.41. The smallest absolute Gasteiger partial charge is 0.337 e. The van der Waals surface area contributed by atoms with Crippen molar-refractivity contribution in [1.29, 1.82) is 0 Å². The topological polar surface area (TPSA) is 95.9 Å². The summed E-state index contributed by atoms with van der Waals surface area (Å²) in [6.07, 6.45) is 0. The highest BCUT2D eigenvalue weighted by Gasteiger charge is 2.21. The summed E-state index contributed by atoms with van der Waals surface area (Å²) in [5.41, 5.74) is 0.866. The van der Waals surface area contributed by atoms with Crippen LogP contribution < -0.4 is 14.4 Å². The molecule has 0 radical (unpaired) electrons. The molecule has 150 valence electrons. The molecule has 1 aliphatic heterocycles. The minimum Gasteiger partial charge on any atom is -0.496 e. The average Bonchev–Trinajstić information content (AvgIpc) is 2.68. The van der Waals surface area contributed by atoms with E-state index >= 15 is 0 Å². The lowest BCUT2D eigenvalue weighted by atomic mass is 10.1. The monoisotopic (exact) mass is 486 g/mol. The molecule has 0 unspecified atom stereocenters. The van der Waals surface area contributed by atoms with Gasteiger partial charge in [-0.2, -0.15) is 11.8 Å². The van der Waals surface area contributed by atoms with Crippen LogP contribution in [-0.2, 0) is 10.0 Å². The summed E-state index contributed by atoms with van der Waals surface area (Å²) in [4.78, 5) is 13.8. The van der Waals surface area contributed by atoms with Crippen LogP contribution in [-0.4, -0.2) is 51.2 Å². The molecular weight excluding hydrogens is 468 g/mol. The second kappa shape index (κ2) is 8.62. The fourth-order valence-corrected chi connectivity index (χ4v) is 5.55.